The second-order valence-electron chi connectivity index (χ2n) is 5.41. The number of rotatable bonds is 5. The Kier molecular flexibility index (Phi) is 8.10. The van der Waals surface area contributed by atoms with Crippen LogP contribution in [0.5, 0.6) is 0 Å². The molecule has 0 saturated carbocycles. The molecular weight excluding hydrogens is 287 g/mol. The Morgan fingerprint density at radius 3 is 2.20 bits per heavy atom. The van der Waals surface area contributed by atoms with Crippen LogP contribution in [0.2, 0.25) is 0 Å². The molecule has 20 heavy (non-hydrogen) atoms. The summed E-state index contributed by atoms with van der Waals surface area (Å²) in [7, 11) is -1.96. The van der Waals surface area contributed by atoms with Gasteiger partial charge in [-0.05, 0) is 33.1 Å². The quantitative estimate of drug-likeness (QED) is 0.420. The highest BCUT2D eigenvalue weighted by Gasteiger charge is 2.36. The van der Waals surface area contributed by atoms with E-state index in [2.05, 4.69) is 17.2 Å². The van der Waals surface area contributed by atoms with E-state index in [-0.39, 0.29) is 0 Å². The van der Waals surface area contributed by atoms with Crippen LogP contribution in [0.4, 0.5) is 13.2 Å². The predicted octanol–water partition coefficient (Wildman–Crippen LogP) is 4.43. The first-order chi connectivity index (χ1) is 9.09. The van der Waals surface area contributed by atoms with E-state index in [1.807, 2.05) is 5.92 Å². The van der Waals surface area contributed by atoms with E-state index in [1.54, 1.807) is 20.8 Å². The van der Waals surface area contributed by atoms with Crippen molar-refractivity contribution in [2.24, 2.45) is 4.40 Å². The molecule has 0 spiro atoms. The van der Waals surface area contributed by atoms with E-state index in [0.29, 0.717) is 6.42 Å². The van der Waals surface area contributed by atoms with Gasteiger partial charge in [0.25, 0.3) is 0 Å². The number of hydrogen-bond donors (Lipinski definition) is 0. The largest absolute Gasteiger partial charge is 0.442 e. The molecule has 0 saturated heterocycles. The van der Waals surface area contributed by atoms with Gasteiger partial charge in [-0.3, -0.25) is 0 Å². The lowest BCUT2D eigenvalue weighted by molar-refractivity contribution is -0.0570. The molecule has 0 rings (SSSR count). The summed E-state index contributed by atoms with van der Waals surface area (Å²) in [6.07, 6.45) is -0.413. The monoisotopic (exact) mass is 309 g/mol. The van der Waals surface area contributed by atoms with Crippen molar-refractivity contribution in [1.29, 1.82) is 0 Å². The Bertz CT molecular complexity index is 411. The average molecular weight is 309 g/mol. The highest BCUT2D eigenvalue weighted by atomic mass is 32.2. The van der Waals surface area contributed by atoms with Crippen molar-refractivity contribution < 1.29 is 17.4 Å². The molecule has 0 aliphatic carbocycles. The smallest absolute Gasteiger partial charge is 0.234 e. The Balaban J connectivity index is 4.82. The van der Waals surface area contributed by atoms with Crippen LogP contribution in [0, 0.1) is 11.8 Å². The molecule has 0 aliphatic heterocycles. The highest BCUT2D eigenvalue weighted by Crippen LogP contribution is 2.20. The molecule has 0 N–H and O–H groups in total. The molecule has 0 bridgehead atoms. The van der Waals surface area contributed by atoms with Gasteiger partial charge in [-0.2, -0.15) is 17.6 Å². The maximum absolute atomic E-state index is 12.7. The fourth-order valence-electron chi connectivity index (χ4n) is 1.15. The van der Waals surface area contributed by atoms with Crippen molar-refractivity contribution in [2.45, 2.75) is 70.7 Å². The molecule has 0 aromatic carbocycles. The molecule has 0 heterocycles. The third kappa shape index (κ3) is 8.36. The summed E-state index contributed by atoms with van der Waals surface area (Å²) in [6.45, 7) is 6.76. The zero-order chi connectivity index (χ0) is 15.8. The average Bonchev–Trinajstić information content (AvgIpc) is 2.29. The number of halogens is 3. The van der Waals surface area contributed by atoms with Gasteiger partial charge in [0.05, 0.1) is 4.75 Å². The van der Waals surface area contributed by atoms with E-state index < -0.39 is 27.6 Å². The summed E-state index contributed by atoms with van der Waals surface area (Å²) in [5.74, 6) is 4.49. The van der Waals surface area contributed by atoms with Crippen LogP contribution < -0.4 is 0 Å². The first-order valence-electron chi connectivity index (χ1n) is 6.65. The van der Waals surface area contributed by atoms with E-state index in [1.165, 1.54) is 0 Å². The van der Waals surface area contributed by atoms with Crippen molar-refractivity contribution in [2.75, 3.05) is 0 Å². The number of unbranched alkanes of at least 4 members (excludes halogenated alkanes) is 4. The van der Waals surface area contributed by atoms with Crippen molar-refractivity contribution in [3.63, 3.8) is 0 Å². The van der Waals surface area contributed by atoms with Gasteiger partial charge < -0.3 is 0 Å². The fourth-order valence-corrected chi connectivity index (χ4v) is 1.74. The Hall–Kier alpha value is -0.830. The van der Waals surface area contributed by atoms with E-state index in [0.717, 1.165) is 25.7 Å². The number of alkyl halides is 3. The minimum atomic E-state index is -4.66. The van der Waals surface area contributed by atoms with Crippen molar-refractivity contribution in [3.8, 4) is 11.8 Å². The standard InChI is InChI=1S/C14H22F3NOS/c1-5-6-7-8-9-10-11-12(14(15,16)17)18-20(19)13(2,3)4/h5-9H2,1-4H3/b18-12+. The fraction of sp³-hybridized carbons (Fsp3) is 0.786. The molecule has 0 amide bonds. The van der Waals surface area contributed by atoms with Crippen LogP contribution in [-0.4, -0.2) is 20.8 Å². The molecule has 0 aromatic rings. The third-order valence-electron chi connectivity index (χ3n) is 2.33. The number of nitrogens with zero attached hydrogens (tertiary/aromatic N) is 1. The summed E-state index contributed by atoms with van der Waals surface area (Å²) >= 11 is 0. The molecule has 0 aromatic heterocycles. The van der Waals surface area contributed by atoms with E-state index >= 15 is 0 Å². The summed E-state index contributed by atoms with van der Waals surface area (Å²) in [6, 6.07) is 0. The van der Waals surface area contributed by atoms with Gasteiger partial charge in [0, 0.05) is 6.42 Å². The number of hydrogen-bond acceptors (Lipinski definition) is 1. The molecule has 1 unspecified atom stereocenters. The minimum Gasteiger partial charge on any atom is -0.234 e. The van der Waals surface area contributed by atoms with Crippen LogP contribution in [0.25, 0.3) is 0 Å². The van der Waals surface area contributed by atoms with Gasteiger partial charge >= 0.3 is 6.18 Å². The van der Waals surface area contributed by atoms with Gasteiger partial charge in [0.2, 0.25) is 5.71 Å². The maximum atomic E-state index is 12.7. The van der Waals surface area contributed by atoms with Gasteiger partial charge in [-0.15, -0.1) is 0 Å². The van der Waals surface area contributed by atoms with Gasteiger partial charge in [-0.1, -0.05) is 32.1 Å². The van der Waals surface area contributed by atoms with Gasteiger partial charge in [0.15, 0.2) is 0 Å². The molecule has 2 nitrogen and oxygen atoms in total. The lowest BCUT2D eigenvalue weighted by Gasteiger charge is -2.14. The van der Waals surface area contributed by atoms with Crippen LogP contribution >= 0.6 is 0 Å². The first kappa shape index (κ1) is 19.2. The lowest BCUT2D eigenvalue weighted by Crippen LogP contribution is -2.26. The Morgan fingerprint density at radius 2 is 1.75 bits per heavy atom. The molecule has 1 atom stereocenters. The summed E-state index contributed by atoms with van der Waals surface area (Å²) in [5.41, 5.74) is -1.25. The minimum absolute atomic E-state index is 0.400. The lowest BCUT2D eigenvalue weighted by atomic mass is 10.1. The molecule has 0 aliphatic rings. The second-order valence-corrected chi connectivity index (χ2v) is 7.32. The SMILES string of the molecule is CCCCCCC#C/C(=N\S(=O)C(C)(C)C)C(F)(F)F. The van der Waals surface area contributed by atoms with Crippen LogP contribution in [0.15, 0.2) is 4.40 Å². The normalized spacial score (nSPS) is 14.7. The van der Waals surface area contributed by atoms with Gasteiger partial charge in [0.1, 0.15) is 11.0 Å². The van der Waals surface area contributed by atoms with Crippen molar-refractivity contribution >= 4 is 16.7 Å². The van der Waals surface area contributed by atoms with E-state index in [4.69, 9.17) is 0 Å². The van der Waals surface area contributed by atoms with Crippen LogP contribution in [0.3, 0.4) is 0 Å². The van der Waals surface area contributed by atoms with Crippen molar-refractivity contribution in [1.82, 2.24) is 0 Å². The summed E-state index contributed by atoms with van der Waals surface area (Å²) in [5, 5.41) is 0. The first-order valence-corrected chi connectivity index (χ1v) is 7.76. The zero-order valence-corrected chi connectivity index (χ0v) is 13.2. The molecule has 6 heteroatoms. The summed E-state index contributed by atoms with van der Waals surface area (Å²) < 4.78 is 52.3. The van der Waals surface area contributed by atoms with Crippen LogP contribution in [-0.2, 0) is 11.0 Å². The van der Waals surface area contributed by atoms with Crippen LogP contribution in [0.1, 0.15) is 59.8 Å². The maximum Gasteiger partial charge on any atom is 0.442 e. The Labute approximate surface area is 121 Å². The zero-order valence-electron chi connectivity index (χ0n) is 12.4. The highest BCUT2D eigenvalue weighted by molar-refractivity contribution is 7.85. The molecule has 0 fully saturated rings. The van der Waals surface area contributed by atoms with E-state index in [9.17, 15) is 17.4 Å². The topological polar surface area (TPSA) is 29.4 Å². The van der Waals surface area contributed by atoms with Crippen molar-refractivity contribution in [3.05, 3.63) is 0 Å². The summed E-state index contributed by atoms with van der Waals surface area (Å²) in [4.78, 5) is 0. The predicted molar refractivity (Wildman–Crippen MR) is 77.9 cm³/mol. The molecule has 0 radical (unpaired) electrons. The molecular formula is C14H22F3NOS. The Morgan fingerprint density at radius 1 is 1.15 bits per heavy atom. The van der Waals surface area contributed by atoms with Gasteiger partial charge in [-0.25, -0.2) is 4.21 Å². The molecule has 116 valence electrons. The third-order valence-corrected chi connectivity index (χ3v) is 3.72. The second kappa shape index (κ2) is 8.46.